The highest BCUT2D eigenvalue weighted by Crippen LogP contribution is 2.41. The number of anilines is 1. The van der Waals surface area contributed by atoms with Gasteiger partial charge in [-0.15, -0.1) is 0 Å². The van der Waals surface area contributed by atoms with Crippen molar-refractivity contribution in [3.63, 3.8) is 0 Å². The van der Waals surface area contributed by atoms with Crippen LogP contribution >= 0.6 is 0 Å². The standard InChI is InChI=1S/C20H21NO4/c1-19(2,18(23)24)14-8-10-15(11-9-14)21-17(22)20(12-13-20)25-16-6-4-3-5-7-16/h3-11H,12-13H2,1-2H3,(H,21,22)(H,23,24). The SMILES string of the molecule is CC(C)(C(=O)O)c1ccc(NC(=O)C2(Oc3ccccc3)CC2)cc1. The Morgan fingerprint density at radius 1 is 1.04 bits per heavy atom. The van der Waals surface area contributed by atoms with Gasteiger partial charge in [0, 0.05) is 18.5 Å². The molecular formula is C20H21NO4. The second-order valence-electron chi connectivity index (χ2n) is 6.87. The molecular weight excluding hydrogens is 318 g/mol. The number of carboxylic acids is 1. The van der Waals surface area contributed by atoms with Crippen molar-refractivity contribution in [3.8, 4) is 5.75 Å². The highest BCUT2D eigenvalue weighted by Gasteiger charge is 2.53. The Kier molecular flexibility index (Phi) is 4.25. The molecule has 1 aliphatic rings. The molecule has 0 saturated heterocycles. The zero-order chi connectivity index (χ0) is 18.1. The first-order valence-corrected chi connectivity index (χ1v) is 8.23. The molecule has 3 rings (SSSR count). The molecule has 25 heavy (non-hydrogen) atoms. The maximum atomic E-state index is 12.6. The number of benzene rings is 2. The second kappa shape index (κ2) is 6.24. The van der Waals surface area contributed by atoms with E-state index in [4.69, 9.17) is 4.74 Å². The number of rotatable bonds is 6. The summed E-state index contributed by atoms with van der Waals surface area (Å²) in [5.41, 5.74) is -0.477. The van der Waals surface area contributed by atoms with Gasteiger partial charge in [0.25, 0.3) is 5.91 Å². The Balaban J connectivity index is 1.68. The molecule has 1 amide bonds. The first-order chi connectivity index (χ1) is 11.8. The van der Waals surface area contributed by atoms with E-state index >= 15 is 0 Å². The monoisotopic (exact) mass is 339 g/mol. The van der Waals surface area contributed by atoms with Gasteiger partial charge in [-0.1, -0.05) is 30.3 Å². The molecule has 0 heterocycles. The molecule has 1 fully saturated rings. The minimum absolute atomic E-state index is 0.179. The lowest BCUT2D eigenvalue weighted by molar-refractivity contribution is -0.142. The molecule has 0 aromatic heterocycles. The number of carbonyl (C=O) groups is 2. The first kappa shape index (κ1) is 17.0. The third-order valence-electron chi connectivity index (χ3n) is 4.57. The van der Waals surface area contributed by atoms with Gasteiger partial charge in [0.2, 0.25) is 0 Å². The second-order valence-corrected chi connectivity index (χ2v) is 6.87. The molecule has 1 saturated carbocycles. The zero-order valence-corrected chi connectivity index (χ0v) is 14.3. The van der Waals surface area contributed by atoms with Crippen LogP contribution in [0, 0.1) is 0 Å². The molecule has 5 nitrogen and oxygen atoms in total. The molecule has 0 atom stereocenters. The molecule has 0 radical (unpaired) electrons. The van der Waals surface area contributed by atoms with Crippen molar-refractivity contribution in [1.82, 2.24) is 0 Å². The predicted molar refractivity (Wildman–Crippen MR) is 94.8 cm³/mol. The highest BCUT2D eigenvalue weighted by molar-refractivity contribution is 5.99. The van der Waals surface area contributed by atoms with Gasteiger partial charge < -0.3 is 15.2 Å². The lowest BCUT2D eigenvalue weighted by atomic mass is 9.85. The van der Waals surface area contributed by atoms with E-state index < -0.39 is 17.0 Å². The number of amides is 1. The number of carboxylic acid groups (broad SMARTS) is 1. The maximum Gasteiger partial charge on any atom is 0.313 e. The molecule has 1 aliphatic carbocycles. The Morgan fingerprint density at radius 2 is 1.64 bits per heavy atom. The van der Waals surface area contributed by atoms with E-state index in [-0.39, 0.29) is 5.91 Å². The van der Waals surface area contributed by atoms with Crippen molar-refractivity contribution in [3.05, 3.63) is 60.2 Å². The highest BCUT2D eigenvalue weighted by atomic mass is 16.5. The summed E-state index contributed by atoms with van der Waals surface area (Å²) < 4.78 is 5.87. The van der Waals surface area contributed by atoms with Gasteiger partial charge in [-0.25, -0.2) is 0 Å². The Morgan fingerprint density at radius 3 is 2.16 bits per heavy atom. The lowest BCUT2D eigenvalue weighted by Crippen LogP contribution is -2.35. The van der Waals surface area contributed by atoms with Gasteiger partial charge in [-0.05, 0) is 43.7 Å². The maximum absolute atomic E-state index is 12.6. The average molecular weight is 339 g/mol. The van der Waals surface area contributed by atoms with E-state index in [1.807, 2.05) is 30.3 Å². The van der Waals surface area contributed by atoms with Crippen molar-refractivity contribution in [2.24, 2.45) is 0 Å². The Bertz CT molecular complexity index is 777. The summed E-state index contributed by atoms with van der Waals surface area (Å²) in [5.74, 6) is -0.396. The quantitative estimate of drug-likeness (QED) is 0.843. The van der Waals surface area contributed by atoms with E-state index in [0.29, 0.717) is 29.8 Å². The van der Waals surface area contributed by atoms with Gasteiger partial charge in [-0.3, -0.25) is 9.59 Å². The fourth-order valence-corrected chi connectivity index (χ4v) is 2.54. The van der Waals surface area contributed by atoms with Gasteiger partial charge in [0.05, 0.1) is 5.41 Å². The van der Waals surface area contributed by atoms with E-state index in [1.165, 1.54) is 0 Å². The molecule has 0 unspecified atom stereocenters. The van der Waals surface area contributed by atoms with Crippen LogP contribution in [0.3, 0.4) is 0 Å². The molecule has 2 aromatic carbocycles. The molecule has 0 bridgehead atoms. The van der Waals surface area contributed by atoms with E-state index in [1.54, 1.807) is 38.1 Å². The number of aliphatic carboxylic acids is 1. The molecule has 0 aliphatic heterocycles. The van der Waals surface area contributed by atoms with Crippen LogP contribution in [-0.2, 0) is 15.0 Å². The lowest BCUT2D eigenvalue weighted by Gasteiger charge is -2.21. The summed E-state index contributed by atoms with van der Waals surface area (Å²) in [6.07, 6.45) is 1.36. The van der Waals surface area contributed by atoms with Gasteiger partial charge in [0.15, 0.2) is 5.60 Å². The summed E-state index contributed by atoms with van der Waals surface area (Å²) in [5, 5.41) is 12.1. The van der Waals surface area contributed by atoms with Gasteiger partial charge >= 0.3 is 5.97 Å². The van der Waals surface area contributed by atoms with Crippen LogP contribution in [0.1, 0.15) is 32.3 Å². The van der Waals surface area contributed by atoms with E-state index in [9.17, 15) is 14.7 Å². The number of carbonyl (C=O) groups excluding carboxylic acids is 1. The Labute approximate surface area is 146 Å². The molecule has 2 aromatic rings. The summed E-state index contributed by atoms with van der Waals surface area (Å²) >= 11 is 0. The van der Waals surface area contributed by atoms with Crippen LogP contribution in [0.15, 0.2) is 54.6 Å². The van der Waals surface area contributed by atoms with E-state index in [2.05, 4.69) is 5.32 Å². The summed E-state index contributed by atoms with van der Waals surface area (Å²) in [7, 11) is 0. The zero-order valence-electron chi connectivity index (χ0n) is 14.3. The largest absolute Gasteiger partial charge is 0.481 e. The van der Waals surface area contributed by atoms with Crippen LogP contribution in [-0.4, -0.2) is 22.6 Å². The summed E-state index contributed by atoms with van der Waals surface area (Å²) in [4.78, 5) is 23.9. The number of nitrogens with one attached hydrogen (secondary N) is 1. The van der Waals surface area contributed by atoms with Crippen molar-refractivity contribution in [2.45, 2.75) is 37.7 Å². The molecule has 0 spiro atoms. The fourth-order valence-electron chi connectivity index (χ4n) is 2.54. The van der Waals surface area contributed by atoms with Crippen LogP contribution < -0.4 is 10.1 Å². The van der Waals surface area contributed by atoms with Gasteiger partial charge in [0.1, 0.15) is 5.75 Å². The number of hydrogen-bond donors (Lipinski definition) is 2. The topological polar surface area (TPSA) is 75.6 Å². The average Bonchev–Trinajstić information content (AvgIpc) is 3.37. The number of hydrogen-bond acceptors (Lipinski definition) is 3. The summed E-state index contributed by atoms with van der Waals surface area (Å²) in [6.45, 7) is 3.30. The smallest absolute Gasteiger partial charge is 0.313 e. The molecule has 5 heteroatoms. The first-order valence-electron chi connectivity index (χ1n) is 8.23. The normalized spacial score (nSPS) is 15.3. The van der Waals surface area contributed by atoms with Crippen molar-refractivity contribution < 1.29 is 19.4 Å². The van der Waals surface area contributed by atoms with Crippen LogP contribution in [0.5, 0.6) is 5.75 Å². The fraction of sp³-hybridized carbons (Fsp3) is 0.300. The number of para-hydroxylation sites is 1. The molecule has 2 N–H and O–H groups in total. The third kappa shape index (κ3) is 3.50. The summed E-state index contributed by atoms with van der Waals surface area (Å²) in [6, 6.07) is 16.2. The minimum Gasteiger partial charge on any atom is -0.481 e. The Hall–Kier alpha value is -2.82. The van der Waals surface area contributed by atoms with Crippen molar-refractivity contribution in [1.29, 1.82) is 0 Å². The van der Waals surface area contributed by atoms with Crippen molar-refractivity contribution >= 4 is 17.6 Å². The molecule has 130 valence electrons. The van der Waals surface area contributed by atoms with E-state index in [0.717, 1.165) is 0 Å². The van der Waals surface area contributed by atoms with Gasteiger partial charge in [-0.2, -0.15) is 0 Å². The predicted octanol–water partition coefficient (Wildman–Crippen LogP) is 3.60. The van der Waals surface area contributed by atoms with Crippen LogP contribution in [0.4, 0.5) is 5.69 Å². The van der Waals surface area contributed by atoms with Crippen molar-refractivity contribution in [2.75, 3.05) is 5.32 Å². The minimum atomic E-state index is -0.976. The third-order valence-corrected chi connectivity index (χ3v) is 4.57. The van der Waals surface area contributed by atoms with Crippen LogP contribution in [0.25, 0.3) is 0 Å². The van der Waals surface area contributed by atoms with Crippen LogP contribution in [0.2, 0.25) is 0 Å². The number of ether oxygens (including phenoxy) is 1.